The van der Waals surface area contributed by atoms with Crippen molar-refractivity contribution in [3.63, 3.8) is 0 Å². The summed E-state index contributed by atoms with van der Waals surface area (Å²) in [5.41, 5.74) is 0. The molecule has 19 heavy (non-hydrogen) atoms. The molecule has 4 nitrogen and oxygen atoms in total. The first-order valence-corrected chi connectivity index (χ1v) is 7.46. The van der Waals surface area contributed by atoms with E-state index in [0.29, 0.717) is 0 Å². The summed E-state index contributed by atoms with van der Waals surface area (Å²) in [6.07, 6.45) is 1.44. The number of nitrogens with one attached hydrogen (secondary N) is 1. The number of para-hydroxylation sites is 1. The number of benzene rings is 1. The fraction of sp³-hybridized carbons (Fsp3) is 0.385. The number of sulfonamides is 1. The van der Waals surface area contributed by atoms with Gasteiger partial charge in [-0.25, -0.2) is 17.5 Å². The third-order valence-corrected chi connectivity index (χ3v) is 4.48. The van der Waals surface area contributed by atoms with Gasteiger partial charge in [-0.3, -0.25) is 0 Å². The quantitative estimate of drug-likeness (QED) is 0.828. The van der Waals surface area contributed by atoms with Gasteiger partial charge in [-0.15, -0.1) is 0 Å². The van der Waals surface area contributed by atoms with E-state index in [9.17, 15) is 12.8 Å². The molecule has 1 aromatic carbocycles. The van der Waals surface area contributed by atoms with Crippen LogP contribution >= 0.6 is 0 Å². The Balaban J connectivity index is 1.72. The summed E-state index contributed by atoms with van der Waals surface area (Å²) in [5, 5.41) is -0.246. The van der Waals surface area contributed by atoms with Gasteiger partial charge < -0.3 is 4.74 Å². The van der Waals surface area contributed by atoms with Gasteiger partial charge in [0.2, 0.25) is 10.0 Å². The van der Waals surface area contributed by atoms with E-state index in [-0.39, 0.29) is 24.2 Å². The van der Waals surface area contributed by atoms with E-state index in [1.54, 1.807) is 12.1 Å². The maximum Gasteiger partial charge on any atom is 0.215 e. The summed E-state index contributed by atoms with van der Waals surface area (Å²) < 4.78 is 43.5. The largest absolute Gasteiger partial charge is 0.478 e. The Morgan fingerprint density at radius 2 is 2.05 bits per heavy atom. The van der Waals surface area contributed by atoms with Crippen molar-refractivity contribution in [2.75, 3.05) is 13.2 Å². The van der Waals surface area contributed by atoms with E-state index in [0.717, 1.165) is 12.8 Å². The molecule has 0 unspecified atom stereocenters. The predicted molar refractivity (Wildman–Crippen MR) is 69.6 cm³/mol. The lowest BCUT2D eigenvalue weighted by atomic mass is 10.3. The van der Waals surface area contributed by atoms with Crippen LogP contribution in [0.25, 0.3) is 0 Å². The molecule has 1 fully saturated rings. The van der Waals surface area contributed by atoms with Crippen molar-refractivity contribution in [1.82, 2.24) is 4.72 Å². The minimum atomic E-state index is -3.19. The fourth-order valence-electron chi connectivity index (χ4n) is 1.42. The van der Waals surface area contributed by atoms with Crippen LogP contribution in [0.1, 0.15) is 12.8 Å². The third-order valence-electron chi connectivity index (χ3n) is 2.59. The minimum Gasteiger partial charge on any atom is -0.478 e. The molecular weight excluding hydrogens is 269 g/mol. The molecule has 0 heterocycles. The monoisotopic (exact) mass is 283 g/mol. The Kier molecular flexibility index (Phi) is 4.40. The molecule has 1 aromatic rings. The Labute approximate surface area is 112 Å². The summed E-state index contributed by atoms with van der Waals surface area (Å²) in [6.45, 7) is 0.0750. The molecule has 1 aliphatic rings. The lowest BCUT2D eigenvalue weighted by Gasteiger charge is -2.02. The highest BCUT2D eigenvalue weighted by molar-refractivity contribution is 7.90. The zero-order valence-electron chi connectivity index (χ0n) is 10.2. The van der Waals surface area contributed by atoms with Gasteiger partial charge in [0.1, 0.15) is 6.61 Å². The molecule has 0 spiro atoms. The van der Waals surface area contributed by atoms with Crippen LogP contribution in [0.4, 0.5) is 4.39 Å². The van der Waals surface area contributed by atoms with Gasteiger partial charge in [-0.2, -0.15) is 0 Å². The number of halogens is 1. The fourth-order valence-corrected chi connectivity index (χ4v) is 2.69. The first-order chi connectivity index (χ1) is 9.09. The maximum absolute atomic E-state index is 13.2. The SMILES string of the molecule is O=S(=O)(NCC#CCOc1ccccc1F)C1CC1. The van der Waals surface area contributed by atoms with E-state index in [1.807, 2.05) is 0 Å². The lowest BCUT2D eigenvalue weighted by Crippen LogP contribution is -2.27. The smallest absolute Gasteiger partial charge is 0.215 e. The van der Waals surface area contributed by atoms with Crippen LogP contribution in [-0.2, 0) is 10.0 Å². The van der Waals surface area contributed by atoms with Crippen molar-refractivity contribution in [2.45, 2.75) is 18.1 Å². The second-order valence-corrected chi connectivity index (χ2v) is 6.18. The Bertz CT molecular complexity index is 600. The van der Waals surface area contributed by atoms with Crippen LogP contribution in [0.2, 0.25) is 0 Å². The maximum atomic E-state index is 13.2. The van der Waals surface area contributed by atoms with E-state index in [4.69, 9.17) is 4.74 Å². The molecular formula is C13H14FNO3S. The molecule has 0 saturated heterocycles. The van der Waals surface area contributed by atoms with E-state index < -0.39 is 15.8 Å². The number of ether oxygens (including phenoxy) is 1. The van der Waals surface area contributed by atoms with Crippen LogP contribution in [0.3, 0.4) is 0 Å². The van der Waals surface area contributed by atoms with Crippen LogP contribution in [0.15, 0.2) is 24.3 Å². The van der Waals surface area contributed by atoms with Crippen LogP contribution < -0.4 is 9.46 Å². The summed E-state index contributed by atoms with van der Waals surface area (Å²) in [6, 6.07) is 6.04. The third kappa shape index (κ3) is 4.23. The molecule has 0 radical (unpaired) electrons. The van der Waals surface area contributed by atoms with Gasteiger partial charge in [-0.05, 0) is 25.0 Å². The molecule has 1 saturated carbocycles. The highest BCUT2D eigenvalue weighted by atomic mass is 32.2. The van der Waals surface area contributed by atoms with Crippen LogP contribution in [0, 0.1) is 17.7 Å². The Morgan fingerprint density at radius 1 is 1.32 bits per heavy atom. The minimum absolute atomic E-state index is 0.0199. The molecule has 102 valence electrons. The molecule has 0 atom stereocenters. The topological polar surface area (TPSA) is 55.4 Å². The van der Waals surface area contributed by atoms with Gasteiger partial charge in [0.15, 0.2) is 11.6 Å². The van der Waals surface area contributed by atoms with Crippen molar-refractivity contribution < 1.29 is 17.5 Å². The lowest BCUT2D eigenvalue weighted by molar-refractivity contribution is 0.348. The standard InChI is InChI=1S/C13H14FNO3S/c14-12-5-1-2-6-13(12)18-10-4-3-9-15-19(16,17)11-7-8-11/h1-2,5-6,11,15H,7-10H2. The molecule has 1 aliphatic carbocycles. The van der Waals surface area contributed by atoms with Crippen LogP contribution in [0.5, 0.6) is 5.75 Å². The normalized spacial score (nSPS) is 14.6. The second-order valence-electron chi connectivity index (χ2n) is 4.14. The highest BCUT2D eigenvalue weighted by Crippen LogP contribution is 2.27. The van der Waals surface area contributed by atoms with Gasteiger partial charge in [0.05, 0.1) is 11.8 Å². The molecule has 2 rings (SSSR count). The van der Waals surface area contributed by atoms with Gasteiger partial charge in [0, 0.05) is 0 Å². The first kappa shape index (κ1) is 13.8. The van der Waals surface area contributed by atoms with Crippen molar-refractivity contribution in [3.05, 3.63) is 30.1 Å². The first-order valence-electron chi connectivity index (χ1n) is 5.91. The highest BCUT2D eigenvalue weighted by Gasteiger charge is 2.34. The van der Waals surface area contributed by atoms with E-state index in [2.05, 4.69) is 16.6 Å². The Hall–Kier alpha value is -1.58. The summed E-state index contributed by atoms with van der Waals surface area (Å²) in [4.78, 5) is 0. The zero-order chi connectivity index (χ0) is 13.7. The average molecular weight is 283 g/mol. The van der Waals surface area contributed by atoms with Crippen molar-refractivity contribution in [3.8, 4) is 17.6 Å². The molecule has 0 aromatic heterocycles. The van der Waals surface area contributed by atoms with Crippen molar-refractivity contribution in [1.29, 1.82) is 0 Å². The number of rotatable bonds is 5. The van der Waals surface area contributed by atoms with E-state index in [1.165, 1.54) is 12.1 Å². The Morgan fingerprint density at radius 3 is 2.74 bits per heavy atom. The van der Waals surface area contributed by atoms with Crippen molar-refractivity contribution >= 4 is 10.0 Å². The summed E-state index contributed by atoms with van der Waals surface area (Å²) in [5.74, 6) is 4.94. The molecule has 0 bridgehead atoms. The zero-order valence-corrected chi connectivity index (χ0v) is 11.0. The van der Waals surface area contributed by atoms with Crippen LogP contribution in [-0.4, -0.2) is 26.8 Å². The van der Waals surface area contributed by atoms with Gasteiger partial charge >= 0.3 is 0 Å². The van der Waals surface area contributed by atoms with E-state index >= 15 is 0 Å². The average Bonchev–Trinajstić information content (AvgIpc) is 3.20. The molecule has 6 heteroatoms. The molecule has 1 N–H and O–H groups in total. The van der Waals surface area contributed by atoms with Gasteiger partial charge in [0.25, 0.3) is 0 Å². The second kappa shape index (κ2) is 6.04. The van der Waals surface area contributed by atoms with Crippen molar-refractivity contribution in [2.24, 2.45) is 0 Å². The molecule has 0 amide bonds. The molecule has 0 aliphatic heterocycles. The summed E-state index contributed by atoms with van der Waals surface area (Å²) >= 11 is 0. The summed E-state index contributed by atoms with van der Waals surface area (Å²) in [7, 11) is -3.19. The predicted octanol–water partition coefficient (Wildman–Crippen LogP) is 1.29. The number of hydrogen-bond donors (Lipinski definition) is 1. The van der Waals surface area contributed by atoms with Gasteiger partial charge in [-0.1, -0.05) is 24.0 Å². The number of hydrogen-bond acceptors (Lipinski definition) is 3.